The summed E-state index contributed by atoms with van der Waals surface area (Å²) in [6.45, 7) is 4.28. The maximum Gasteiger partial charge on any atom is 0.519 e. The molecule has 1 saturated heterocycles. The first-order chi connectivity index (χ1) is 20.8. The van der Waals surface area contributed by atoms with Crippen LogP contribution in [0.25, 0.3) is 22.2 Å². The summed E-state index contributed by atoms with van der Waals surface area (Å²) in [6.07, 6.45) is -0.611. The van der Waals surface area contributed by atoms with Gasteiger partial charge in [-0.3, -0.25) is 9.88 Å². The summed E-state index contributed by atoms with van der Waals surface area (Å²) in [4.78, 5) is 46.2. The Labute approximate surface area is 245 Å². The lowest BCUT2D eigenvalue weighted by Gasteiger charge is -2.28. The number of carbonyl (C=O) groups excluding carboxylic acids is 2. The van der Waals surface area contributed by atoms with Gasteiger partial charge >= 0.3 is 17.9 Å². The van der Waals surface area contributed by atoms with Crippen LogP contribution in [-0.4, -0.2) is 35.3 Å². The van der Waals surface area contributed by atoms with Crippen molar-refractivity contribution in [1.29, 1.82) is 0 Å². The second-order valence-corrected chi connectivity index (χ2v) is 9.95. The molecule has 12 nitrogen and oxygen atoms in total. The van der Waals surface area contributed by atoms with Gasteiger partial charge in [0.25, 0.3) is 6.01 Å². The molecule has 1 aliphatic rings. The molecule has 1 aliphatic heterocycles. The van der Waals surface area contributed by atoms with Crippen molar-refractivity contribution in [2.45, 2.75) is 32.5 Å². The molecule has 220 valence electrons. The van der Waals surface area contributed by atoms with Crippen molar-refractivity contribution in [1.82, 2.24) is 20.3 Å². The minimum atomic E-state index is -1.23. The zero-order chi connectivity index (χ0) is 30.1. The van der Waals surface area contributed by atoms with Gasteiger partial charge in [-0.2, -0.15) is 4.98 Å². The normalized spacial score (nSPS) is 16.2. The van der Waals surface area contributed by atoms with Crippen molar-refractivity contribution in [3.8, 4) is 17.1 Å². The zero-order valence-electron chi connectivity index (χ0n) is 23.6. The van der Waals surface area contributed by atoms with Gasteiger partial charge in [0.05, 0.1) is 43.3 Å². The standard InChI is InChI=1S/C31H28N4O8/c1-4-40-28-32-24-11-7-9-22(27(36)39-3)26(24)35(28)17-19-12-14-20(15-13-19)21-8-5-6-10-23(21)31(33-29(37)43-34-31)16-25-18(2)41-30(38)42-25/h5-15,34H,4,16-17H2,1-3H3,(H,33,37). The molecule has 0 saturated carbocycles. The van der Waals surface area contributed by atoms with E-state index in [1.165, 1.54) is 7.11 Å². The molecule has 3 aromatic carbocycles. The molecule has 0 aliphatic carbocycles. The van der Waals surface area contributed by atoms with Gasteiger partial charge in [0.15, 0.2) is 11.4 Å². The third-order valence-electron chi connectivity index (χ3n) is 7.30. The lowest BCUT2D eigenvalue weighted by atomic mass is 9.87. The molecule has 6 rings (SSSR count). The molecule has 12 heteroatoms. The van der Waals surface area contributed by atoms with Crippen molar-refractivity contribution in [2.24, 2.45) is 0 Å². The van der Waals surface area contributed by atoms with Crippen LogP contribution < -0.4 is 21.4 Å². The van der Waals surface area contributed by atoms with Crippen LogP contribution in [0.3, 0.4) is 0 Å². The number of carbonyl (C=O) groups is 2. The smallest absolute Gasteiger partial charge is 0.465 e. The molecule has 1 atom stereocenters. The highest BCUT2D eigenvalue weighted by Gasteiger charge is 2.44. The van der Waals surface area contributed by atoms with E-state index in [4.69, 9.17) is 23.1 Å². The molecule has 0 radical (unpaired) electrons. The number of nitrogens with zero attached hydrogens (tertiary/aromatic N) is 2. The van der Waals surface area contributed by atoms with Gasteiger partial charge in [0.1, 0.15) is 5.76 Å². The highest BCUT2D eigenvalue weighted by molar-refractivity contribution is 6.02. The number of benzene rings is 3. The summed E-state index contributed by atoms with van der Waals surface area (Å²) in [7, 11) is 1.34. The van der Waals surface area contributed by atoms with E-state index in [1.54, 1.807) is 19.1 Å². The Morgan fingerprint density at radius 2 is 1.81 bits per heavy atom. The fraction of sp³-hybridized carbons (Fsp3) is 0.226. The van der Waals surface area contributed by atoms with E-state index in [-0.39, 0.29) is 12.2 Å². The summed E-state index contributed by atoms with van der Waals surface area (Å²) in [6, 6.07) is 21.1. The summed E-state index contributed by atoms with van der Waals surface area (Å²) < 4.78 is 23.0. The number of fused-ring (bicyclic) bond motifs is 1. The second-order valence-electron chi connectivity index (χ2n) is 9.95. The molecule has 2 N–H and O–H groups in total. The van der Waals surface area contributed by atoms with E-state index >= 15 is 0 Å². The minimum absolute atomic E-state index is 0.0574. The maximum atomic E-state index is 12.6. The Balaban J connectivity index is 1.37. The number of esters is 1. The topological polar surface area (TPSA) is 147 Å². The summed E-state index contributed by atoms with van der Waals surface area (Å²) in [5, 5.41) is 2.84. The van der Waals surface area contributed by atoms with E-state index in [0.29, 0.717) is 47.1 Å². The van der Waals surface area contributed by atoms with Crippen LogP contribution in [0.5, 0.6) is 6.01 Å². The van der Waals surface area contributed by atoms with Crippen LogP contribution in [0, 0.1) is 6.92 Å². The summed E-state index contributed by atoms with van der Waals surface area (Å²) in [5.74, 6) is -0.703. The molecule has 0 spiro atoms. The fourth-order valence-electron chi connectivity index (χ4n) is 5.34. The van der Waals surface area contributed by atoms with Crippen molar-refractivity contribution < 1.29 is 32.7 Å². The number of ether oxygens (including phenoxy) is 2. The number of imidazole rings is 1. The molecular weight excluding hydrogens is 556 g/mol. The van der Waals surface area contributed by atoms with Gasteiger partial charge in [0, 0.05) is 5.56 Å². The van der Waals surface area contributed by atoms with Crippen LogP contribution in [0.2, 0.25) is 0 Å². The summed E-state index contributed by atoms with van der Waals surface area (Å²) >= 11 is 0. The van der Waals surface area contributed by atoms with E-state index in [1.807, 2.05) is 66.1 Å². The quantitative estimate of drug-likeness (QED) is 0.239. The Kier molecular flexibility index (Phi) is 7.20. The van der Waals surface area contributed by atoms with Crippen LogP contribution in [0.4, 0.5) is 4.79 Å². The highest BCUT2D eigenvalue weighted by atomic mass is 16.7. The van der Waals surface area contributed by atoms with Gasteiger partial charge in [-0.1, -0.05) is 54.6 Å². The lowest BCUT2D eigenvalue weighted by Crippen LogP contribution is -2.48. The third-order valence-corrected chi connectivity index (χ3v) is 7.30. The predicted octanol–water partition coefficient (Wildman–Crippen LogP) is 4.43. The molecule has 3 heterocycles. The van der Waals surface area contributed by atoms with E-state index < -0.39 is 23.5 Å². The molecular formula is C31H28N4O8. The van der Waals surface area contributed by atoms with Gasteiger partial charge in [-0.25, -0.2) is 14.4 Å². The van der Waals surface area contributed by atoms with Crippen LogP contribution in [0.1, 0.15) is 39.9 Å². The van der Waals surface area contributed by atoms with Crippen molar-refractivity contribution in [2.75, 3.05) is 13.7 Å². The molecule has 1 fully saturated rings. The number of nitrogens with one attached hydrogen (secondary N) is 2. The number of aryl methyl sites for hydroxylation is 1. The largest absolute Gasteiger partial charge is 0.519 e. The Morgan fingerprint density at radius 3 is 2.49 bits per heavy atom. The monoisotopic (exact) mass is 584 g/mol. The van der Waals surface area contributed by atoms with Crippen LogP contribution in [0.15, 0.2) is 80.4 Å². The number of para-hydroxylation sites is 1. The van der Waals surface area contributed by atoms with E-state index in [0.717, 1.165) is 16.7 Å². The average Bonchev–Trinajstić information content (AvgIpc) is 3.67. The second kappa shape index (κ2) is 11.1. The van der Waals surface area contributed by atoms with Crippen LogP contribution >= 0.6 is 0 Å². The van der Waals surface area contributed by atoms with Gasteiger partial charge in [-0.05, 0) is 42.7 Å². The highest BCUT2D eigenvalue weighted by Crippen LogP contribution is 2.36. The number of amides is 1. The number of rotatable bonds is 9. The van der Waals surface area contributed by atoms with Crippen molar-refractivity contribution >= 4 is 23.1 Å². The first-order valence-electron chi connectivity index (χ1n) is 13.6. The molecule has 5 aromatic rings. The number of hydrogen-bond donors (Lipinski definition) is 2. The third kappa shape index (κ3) is 5.12. The fourth-order valence-corrected chi connectivity index (χ4v) is 5.34. The van der Waals surface area contributed by atoms with Gasteiger partial charge in [0.2, 0.25) is 0 Å². The SMILES string of the molecule is CCOc1nc2cccc(C(=O)OC)c2n1Cc1ccc(-c2ccccc2C2(Cc3oc(=O)oc3C)NOC(=O)N2)cc1. The molecule has 2 aromatic heterocycles. The number of hydrogen-bond acceptors (Lipinski definition) is 10. The first-order valence-corrected chi connectivity index (χ1v) is 13.6. The zero-order valence-corrected chi connectivity index (χ0v) is 23.6. The first kappa shape index (κ1) is 27.8. The minimum Gasteiger partial charge on any atom is -0.465 e. The van der Waals surface area contributed by atoms with Gasteiger partial charge < -0.3 is 23.1 Å². The van der Waals surface area contributed by atoms with Crippen molar-refractivity contribution in [3.63, 3.8) is 0 Å². The Bertz CT molecular complexity index is 1890. The van der Waals surface area contributed by atoms with E-state index in [2.05, 4.69) is 15.8 Å². The van der Waals surface area contributed by atoms with Crippen molar-refractivity contribution in [3.05, 3.63) is 106 Å². The molecule has 0 bridgehead atoms. The molecule has 43 heavy (non-hydrogen) atoms. The summed E-state index contributed by atoms with van der Waals surface area (Å²) in [5.41, 5.74) is 6.51. The average molecular weight is 585 g/mol. The lowest BCUT2D eigenvalue weighted by molar-refractivity contribution is 0.0602. The van der Waals surface area contributed by atoms with E-state index in [9.17, 15) is 14.4 Å². The predicted molar refractivity (Wildman–Crippen MR) is 153 cm³/mol. The van der Waals surface area contributed by atoms with Gasteiger partial charge in [-0.15, -0.1) is 5.48 Å². The van der Waals surface area contributed by atoms with Crippen LogP contribution in [-0.2, 0) is 28.2 Å². The molecule has 1 amide bonds. The number of aromatic nitrogens is 2. The number of hydroxylamine groups is 1. The Hall–Kier alpha value is -5.36. The Morgan fingerprint density at radius 1 is 1.02 bits per heavy atom. The molecule has 1 unspecified atom stereocenters. The maximum absolute atomic E-state index is 12.6. The number of methoxy groups -OCH3 is 1.